The Bertz CT molecular complexity index is 978. The largest absolute Gasteiger partial charge is 0.346 e. The summed E-state index contributed by atoms with van der Waals surface area (Å²) in [5, 5.41) is 1.22. The minimum Gasteiger partial charge on any atom is -0.346 e. The molecule has 3 aromatic rings. The monoisotopic (exact) mass is 394 g/mol. The molecule has 1 aromatic carbocycles. The Balaban J connectivity index is 1.26. The van der Waals surface area contributed by atoms with Gasteiger partial charge in [0.25, 0.3) is 0 Å². The van der Waals surface area contributed by atoms with E-state index in [2.05, 4.69) is 56.8 Å². The third-order valence-corrected chi connectivity index (χ3v) is 7.16. The molecule has 0 spiro atoms. The zero-order valence-corrected chi connectivity index (χ0v) is 17.3. The maximum Gasteiger partial charge on any atom is 0.185 e. The molecule has 1 unspecified atom stereocenters. The van der Waals surface area contributed by atoms with Crippen molar-refractivity contribution >= 4 is 27.5 Å². The van der Waals surface area contributed by atoms with Crippen molar-refractivity contribution in [1.82, 2.24) is 24.8 Å². The third kappa shape index (κ3) is 3.38. The number of hydrogen-bond donors (Lipinski definition) is 0. The Morgan fingerprint density at radius 1 is 1.00 bits per heavy atom. The van der Waals surface area contributed by atoms with E-state index in [9.17, 15) is 0 Å². The first-order valence-corrected chi connectivity index (χ1v) is 10.9. The molecule has 146 valence electrons. The lowest BCUT2D eigenvalue weighted by atomic mass is 10.1. The first-order valence-electron chi connectivity index (χ1n) is 10.0. The zero-order chi connectivity index (χ0) is 19.1. The molecule has 0 amide bonds. The lowest BCUT2D eigenvalue weighted by Crippen LogP contribution is -2.47. The van der Waals surface area contributed by atoms with Crippen LogP contribution in [0, 0.1) is 0 Å². The van der Waals surface area contributed by atoms with Gasteiger partial charge in [0.15, 0.2) is 5.13 Å². The molecule has 2 aliphatic rings. The van der Waals surface area contributed by atoms with Crippen molar-refractivity contribution < 1.29 is 0 Å². The van der Waals surface area contributed by atoms with Crippen molar-refractivity contribution in [3.63, 3.8) is 0 Å². The van der Waals surface area contributed by atoms with E-state index < -0.39 is 0 Å². The van der Waals surface area contributed by atoms with E-state index in [4.69, 9.17) is 4.98 Å². The van der Waals surface area contributed by atoms with Crippen LogP contribution in [0.15, 0.2) is 30.6 Å². The summed E-state index contributed by atoms with van der Waals surface area (Å²) < 4.78 is 0. The number of benzene rings is 1. The molecule has 7 heteroatoms. The molecule has 6 nitrogen and oxygen atoms in total. The first-order chi connectivity index (χ1) is 13.7. The van der Waals surface area contributed by atoms with Gasteiger partial charge in [-0.15, -0.1) is 11.3 Å². The molecule has 0 bridgehead atoms. The highest BCUT2D eigenvalue weighted by atomic mass is 32.1. The molecule has 28 heavy (non-hydrogen) atoms. The van der Waals surface area contributed by atoms with E-state index in [-0.39, 0.29) is 0 Å². The summed E-state index contributed by atoms with van der Waals surface area (Å²) in [6.07, 6.45) is 4.60. The summed E-state index contributed by atoms with van der Waals surface area (Å²) in [4.78, 5) is 22.7. The van der Waals surface area contributed by atoms with Gasteiger partial charge in [-0.25, -0.2) is 4.98 Å². The Morgan fingerprint density at radius 2 is 1.79 bits per heavy atom. The number of likely N-dealkylation sites (N-methyl/N-ethyl adjacent to an activating group) is 1. The zero-order valence-electron chi connectivity index (χ0n) is 16.5. The molecule has 4 heterocycles. The van der Waals surface area contributed by atoms with E-state index in [1.165, 1.54) is 21.3 Å². The van der Waals surface area contributed by atoms with Gasteiger partial charge in [-0.05, 0) is 31.7 Å². The third-order valence-electron chi connectivity index (χ3n) is 6.02. The van der Waals surface area contributed by atoms with Crippen LogP contribution in [-0.2, 0) is 13.0 Å². The van der Waals surface area contributed by atoms with Gasteiger partial charge >= 0.3 is 0 Å². The van der Waals surface area contributed by atoms with Gasteiger partial charge in [-0.1, -0.05) is 6.07 Å². The number of nitrogens with zero attached hydrogens (tertiary/aromatic N) is 6. The summed E-state index contributed by atoms with van der Waals surface area (Å²) in [5.74, 6) is 0. The van der Waals surface area contributed by atoms with Gasteiger partial charge in [0.1, 0.15) is 0 Å². The Morgan fingerprint density at radius 3 is 2.61 bits per heavy atom. The highest BCUT2D eigenvalue weighted by Gasteiger charge is 2.26. The highest BCUT2D eigenvalue weighted by Crippen LogP contribution is 2.32. The molecule has 1 fully saturated rings. The molecule has 2 aliphatic heterocycles. The molecule has 2 aromatic heterocycles. The summed E-state index contributed by atoms with van der Waals surface area (Å²) >= 11 is 1.89. The second-order valence-electron chi connectivity index (χ2n) is 7.86. The normalized spacial score (nSPS) is 19.7. The lowest BCUT2D eigenvalue weighted by Gasteiger charge is -2.38. The highest BCUT2D eigenvalue weighted by molar-refractivity contribution is 7.15. The van der Waals surface area contributed by atoms with Crippen LogP contribution in [0.3, 0.4) is 0 Å². The van der Waals surface area contributed by atoms with Crippen LogP contribution in [0.4, 0.5) is 5.13 Å². The van der Waals surface area contributed by atoms with Crippen molar-refractivity contribution in [1.29, 1.82) is 0 Å². The summed E-state index contributed by atoms with van der Waals surface area (Å²) in [5.41, 5.74) is 4.57. The molecule has 1 saturated heterocycles. The molecule has 0 N–H and O–H groups in total. The van der Waals surface area contributed by atoms with Crippen molar-refractivity contribution in [2.75, 3.05) is 44.7 Å². The Kier molecular flexibility index (Phi) is 4.74. The maximum absolute atomic E-state index is 4.96. The second kappa shape index (κ2) is 7.39. The van der Waals surface area contributed by atoms with Crippen LogP contribution in [0.25, 0.3) is 11.0 Å². The van der Waals surface area contributed by atoms with Crippen molar-refractivity contribution in [3.05, 3.63) is 46.7 Å². The lowest BCUT2D eigenvalue weighted by molar-refractivity contribution is 0.198. The number of fused-ring (bicyclic) bond motifs is 2. The van der Waals surface area contributed by atoms with E-state index in [1.54, 1.807) is 12.4 Å². The molecule has 5 rings (SSSR count). The number of anilines is 1. The number of hydrogen-bond acceptors (Lipinski definition) is 7. The van der Waals surface area contributed by atoms with Crippen molar-refractivity contribution in [2.45, 2.75) is 25.9 Å². The summed E-state index contributed by atoms with van der Waals surface area (Å²) in [6.45, 7) is 8.67. The van der Waals surface area contributed by atoms with Gasteiger partial charge in [-0.3, -0.25) is 14.9 Å². The van der Waals surface area contributed by atoms with E-state index in [1.807, 2.05) is 11.3 Å². The van der Waals surface area contributed by atoms with Crippen LogP contribution in [0.2, 0.25) is 0 Å². The number of thiazole rings is 1. The van der Waals surface area contributed by atoms with E-state index in [0.29, 0.717) is 6.04 Å². The molecule has 0 saturated carbocycles. The van der Waals surface area contributed by atoms with Gasteiger partial charge in [0, 0.05) is 69.0 Å². The SMILES string of the molecule is CC(c1ccc2nccnc2c1)N1CCN(c2nc3c(s2)CN(C)CC3)CC1. The smallest absolute Gasteiger partial charge is 0.185 e. The van der Waals surface area contributed by atoms with Crippen LogP contribution < -0.4 is 4.90 Å². The Hall–Kier alpha value is -2.09. The predicted octanol–water partition coefficient (Wildman–Crippen LogP) is 2.96. The van der Waals surface area contributed by atoms with Crippen LogP contribution in [0.5, 0.6) is 0 Å². The van der Waals surface area contributed by atoms with Gasteiger partial charge < -0.3 is 9.80 Å². The molecular weight excluding hydrogens is 368 g/mol. The predicted molar refractivity (Wildman–Crippen MR) is 114 cm³/mol. The summed E-state index contributed by atoms with van der Waals surface area (Å²) in [6, 6.07) is 6.85. The average molecular weight is 395 g/mol. The number of rotatable bonds is 3. The van der Waals surface area contributed by atoms with E-state index in [0.717, 1.165) is 56.7 Å². The Labute approximate surface area is 169 Å². The standard InChI is InChI=1S/C21H26N6S/c1-15(16-3-4-17-19(13-16)23-7-6-22-17)26-9-11-27(12-10-26)21-24-18-5-8-25(2)14-20(18)28-21/h3-4,6-7,13,15H,5,8-12,14H2,1-2H3. The molecule has 1 atom stereocenters. The quantitative estimate of drug-likeness (QED) is 0.681. The minimum absolute atomic E-state index is 0.381. The number of aromatic nitrogens is 3. The van der Waals surface area contributed by atoms with Crippen molar-refractivity contribution in [2.24, 2.45) is 0 Å². The fourth-order valence-corrected chi connectivity index (χ4v) is 5.43. The fourth-order valence-electron chi connectivity index (χ4n) is 4.20. The topological polar surface area (TPSA) is 48.4 Å². The minimum atomic E-state index is 0.381. The molecular formula is C21H26N6S. The van der Waals surface area contributed by atoms with Crippen LogP contribution in [0.1, 0.15) is 29.1 Å². The molecule has 0 aliphatic carbocycles. The van der Waals surface area contributed by atoms with Gasteiger partial charge in [-0.2, -0.15) is 0 Å². The fraction of sp³-hybridized carbons (Fsp3) is 0.476. The van der Waals surface area contributed by atoms with Crippen LogP contribution >= 0.6 is 11.3 Å². The average Bonchev–Trinajstić information content (AvgIpc) is 3.16. The maximum atomic E-state index is 4.96. The van der Waals surface area contributed by atoms with Crippen LogP contribution in [-0.4, -0.2) is 64.5 Å². The van der Waals surface area contributed by atoms with Gasteiger partial charge in [0.05, 0.1) is 16.7 Å². The first kappa shape index (κ1) is 18.0. The van der Waals surface area contributed by atoms with E-state index >= 15 is 0 Å². The summed E-state index contributed by atoms with van der Waals surface area (Å²) in [7, 11) is 2.20. The van der Waals surface area contributed by atoms with Gasteiger partial charge in [0.2, 0.25) is 0 Å². The van der Waals surface area contributed by atoms with Crippen molar-refractivity contribution in [3.8, 4) is 0 Å². The molecule has 0 radical (unpaired) electrons. The number of piperazine rings is 1. The second-order valence-corrected chi connectivity index (χ2v) is 8.92.